The molecule has 1 aromatic rings. The van der Waals surface area contributed by atoms with E-state index in [4.69, 9.17) is 4.74 Å². The molecule has 0 saturated heterocycles. The zero-order valence-electron chi connectivity index (χ0n) is 9.10. The van der Waals surface area contributed by atoms with Crippen LogP contribution in [0.15, 0.2) is 18.2 Å². The van der Waals surface area contributed by atoms with Crippen molar-refractivity contribution < 1.29 is 4.74 Å². The van der Waals surface area contributed by atoms with Crippen molar-refractivity contribution in [3.8, 4) is 5.75 Å². The van der Waals surface area contributed by atoms with E-state index < -0.39 is 0 Å². The van der Waals surface area contributed by atoms with Gasteiger partial charge < -0.3 is 4.74 Å². The molecule has 0 fully saturated rings. The molecular weight excluding hydrogens is 287 g/mol. The van der Waals surface area contributed by atoms with Crippen LogP contribution in [0.25, 0.3) is 0 Å². The first-order chi connectivity index (χ1) is 6.49. The molecular formula is C12H16IO. The van der Waals surface area contributed by atoms with Crippen LogP contribution in [0, 0.1) is 9.49 Å². The topological polar surface area (TPSA) is 9.23 Å². The Kier molecular flexibility index (Phi) is 4.23. The third kappa shape index (κ3) is 3.48. The molecule has 1 nitrogen and oxygen atoms in total. The summed E-state index contributed by atoms with van der Waals surface area (Å²) in [6.07, 6.45) is 0.234. The van der Waals surface area contributed by atoms with Crippen LogP contribution in [0.1, 0.15) is 33.3 Å². The SMILES string of the molecule is C[C](C)c1cc(I)cc(OC(C)C)c1. The zero-order chi connectivity index (χ0) is 10.7. The summed E-state index contributed by atoms with van der Waals surface area (Å²) in [5, 5.41) is 0. The highest BCUT2D eigenvalue weighted by molar-refractivity contribution is 14.1. The normalized spacial score (nSPS) is 11.1. The van der Waals surface area contributed by atoms with Crippen LogP contribution in [0.4, 0.5) is 0 Å². The fourth-order valence-corrected chi connectivity index (χ4v) is 1.83. The monoisotopic (exact) mass is 303 g/mol. The van der Waals surface area contributed by atoms with Gasteiger partial charge in [-0.25, -0.2) is 0 Å². The lowest BCUT2D eigenvalue weighted by Gasteiger charge is -2.13. The van der Waals surface area contributed by atoms with E-state index >= 15 is 0 Å². The van der Waals surface area contributed by atoms with Gasteiger partial charge in [0, 0.05) is 3.57 Å². The van der Waals surface area contributed by atoms with E-state index in [1.165, 1.54) is 15.1 Å². The number of ether oxygens (including phenoxy) is 1. The maximum Gasteiger partial charge on any atom is 0.121 e. The van der Waals surface area contributed by atoms with Crippen LogP contribution in [0.5, 0.6) is 5.75 Å². The van der Waals surface area contributed by atoms with Gasteiger partial charge >= 0.3 is 0 Å². The van der Waals surface area contributed by atoms with Gasteiger partial charge in [-0.3, -0.25) is 0 Å². The van der Waals surface area contributed by atoms with Crippen molar-refractivity contribution in [3.05, 3.63) is 33.3 Å². The second-order valence-corrected chi connectivity index (χ2v) is 5.09. The van der Waals surface area contributed by atoms with Crippen molar-refractivity contribution in [2.24, 2.45) is 0 Å². The van der Waals surface area contributed by atoms with Gasteiger partial charge in [0.05, 0.1) is 6.10 Å². The van der Waals surface area contributed by atoms with Crippen molar-refractivity contribution in [3.63, 3.8) is 0 Å². The second kappa shape index (κ2) is 5.01. The first kappa shape index (κ1) is 11.8. The van der Waals surface area contributed by atoms with E-state index in [0.29, 0.717) is 0 Å². The van der Waals surface area contributed by atoms with Gasteiger partial charge in [0.1, 0.15) is 5.75 Å². The Labute approximate surface area is 100.0 Å². The van der Waals surface area contributed by atoms with E-state index in [9.17, 15) is 0 Å². The average molecular weight is 303 g/mol. The molecule has 0 heterocycles. The summed E-state index contributed by atoms with van der Waals surface area (Å²) in [7, 11) is 0. The van der Waals surface area contributed by atoms with Crippen molar-refractivity contribution in [2.45, 2.75) is 33.8 Å². The number of hydrogen-bond donors (Lipinski definition) is 0. The number of halogens is 1. The Morgan fingerprint density at radius 1 is 1.21 bits per heavy atom. The molecule has 1 aromatic carbocycles. The maximum absolute atomic E-state index is 5.67. The van der Waals surface area contributed by atoms with E-state index in [0.717, 1.165) is 5.75 Å². The maximum atomic E-state index is 5.67. The van der Waals surface area contributed by atoms with Crippen LogP contribution < -0.4 is 4.74 Å². The molecule has 77 valence electrons. The van der Waals surface area contributed by atoms with Crippen molar-refractivity contribution in [2.75, 3.05) is 0 Å². The van der Waals surface area contributed by atoms with E-state index in [2.05, 4.69) is 54.6 Å². The summed E-state index contributed by atoms with van der Waals surface area (Å²) in [4.78, 5) is 0. The molecule has 0 aliphatic heterocycles. The average Bonchev–Trinajstić information content (AvgIpc) is 2.01. The summed E-state index contributed by atoms with van der Waals surface area (Å²) in [6.45, 7) is 8.32. The molecule has 0 aliphatic carbocycles. The summed E-state index contributed by atoms with van der Waals surface area (Å²) in [5.41, 5.74) is 1.26. The summed E-state index contributed by atoms with van der Waals surface area (Å²) >= 11 is 2.32. The lowest BCUT2D eigenvalue weighted by Crippen LogP contribution is -2.06. The highest BCUT2D eigenvalue weighted by Gasteiger charge is 2.05. The molecule has 0 spiro atoms. The van der Waals surface area contributed by atoms with Crippen molar-refractivity contribution in [1.29, 1.82) is 0 Å². The second-order valence-electron chi connectivity index (χ2n) is 3.84. The molecule has 0 aromatic heterocycles. The van der Waals surface area contributed by atoms with E-state index in [1.54, 1.807) is 0 Å². The van der Waals surface area contributed by atoms with Crippen LogP contribution in [-0.2, 0) is 0 Å². The molecule has 1 radical (unpaired) electrons. The molecule has 1 rings (SSSR count). The van der Waals surface area contributed by atoms with Gasteiger partial charge in [-0.05, 0) is 66.1 Å². The van der Waals surface area contributed by atoms with Gasteiger partial charge in [-0.15, -0.1) is 0 Å². The Morgan fingerprint density at radius 2 is 1.86 bits per heavy atom. The van der Waals surface area contributed by atoms with Gasteiger partial charge in [-0.1, -0.05) is 13.8 Å². The number of hydrogen-bond acceptors (Lipinski definition) is 1. The van der Waals surface area contributed by atoms with Gasteiger partial charge in [0.15, 0.2) is 0 Å². The Morgan fingerprint density at radius 3 is 2.36 bits per heavy atom. The fraction of sp³-hybridized carbons (Fsp3) is 0.417. The molecule has 14 heavy (non-hydrogen) atoms. The largest absolute Gasteiger partial charge is 0.491 e. The third-order valence-electron chi connectivity index (χ3n) is 1.82. The summed E-state index contributed by atoms with van der Waals surface area (Å²) in [5.74, 6) is 2.28. The number of benzene rings is 1. The summed E-state index contributed by atoms with van der Waals surface area (Å²) in [6, 6.07) is 6.33. The minimum atomic E-state index is 0.234. The van der Waals surface area contributed by atoms with Gasteiger partial charge in [0.25, 0.3) is 0 Å². The Bertz CT molecular complexity index is 305. The van der Waals surface area contributed by atoms with E-state index in [1.807, 2.05) is 13.8 Å². The van der Waals surface area contributed by atoms with Crippen molar-refractivity contribution in [1.82, 2.24) is 0 Å². The smallest absolute Gasteiger partial charge is 0.121 e. The minimum absolute atomic E-state index is 0.234. The third-order valence-corrected chi connectivity index (χ3v) is 2.44. The summed E-state index contributed by atoms with van der Waals surface area (Å²) < 4.78 is 6.89. The van der Waals surface area contributed by atoms with Crippen molar-refractivity contribution >= 4 is 22.6 Å². The highest BCUT2D eigenvalue weighted by atomic mass is 127. The fourth-order valence-electron chi connectivity index (χ4n) is 1.19. The quantitative estimate of drug-likeness (QED) is 0.766. The molecule has 0 amide bonds. The predicted molar refractivity (Wildman–Crippen MR) is 68.6 cm³/mol. The minimum Gasteiger partial charge on any atom is -0.491 e. The van der Waals surface area contributed by atoms with Crippen LogP contribution in [0.2, 0.25) is 0 Å². The molecule has 0 unspecified atom stereocenters. The lowest BCUT2D eigenvalue weighted by molar-refractivity contribution is 0.242. The molecule has 2 heteroatoms. The lowest BCUT2D eigenvalue weighted by atomic mass is 10.0. The van der Waals surface area contributed by atoms with E-state index in [-0.39, 0.29) is 6.10 Å². The first-order valence-corrected chi connectivity index (χ1v) is 5.84. The molecule has 0 saturated carbocycles. The Hall–Kier alpha value is -0.250. The first-order valence-electron chi connectivity index (χ1n) is 4.77. The molecule has 0 N–H and O–H groups in total. The molecule has 0 atom stereocenters. The predicted octanol–water partition coefficient (Wildman–Crippen LogP) is 4.04. The van der Waals surface area contributed by atoms with Gasteiger partial charge in [-0.2, -0.15) is 0 Å². The Balaban J connectivity index is 2.95. The highest BCUT2D eigenvalue weighted by Crippen LogP contribution is 2.24. The molecule has 0 aliphatic rings. The van der Waals surface area contributed by atoms with Gasteiger partial charge in [0.2, 0.25) is 0 Å². The van der Waals surface area contributed by atoms with Crippen LogP contribution in [-0.4, -0.2) is 6.10 Å². The van der Waals surface area contributed by atoms with Crippen LogP contribution in [0.3, 0.4) is 0 Å². The van der Waals surface area contributed by atoms with Crippen LogP contribution >= 0.6 is 22.6 Å². The molecule has 0 bridgehead atoms. The number of rotatable bonds is 3. The zero-order valence-corrected chi connectivity index (χ0v) is 11.3. The standard InChI is InChI=1S/C12H16IO/c1-8(2)10-5-11(13)7-12(6-10)14-9(3)4/h5-7,9H,1-4H3.